The van der Waals surface area contributed by atoms with Crippen LogP contribution in [0.15, 0.2) is 77.2 Å². The standard InChI is InChI=1S/C28H26N2OS/c1-18-12-14-19(15-13-18)26-25(23-10-4-5-11-24(23)29-26)27-21-8-2-3-9-22(21)28(31)30(27)17-20-7-6-16-32-20/h4-7,10-16,27,29H,2-3,8-9,17H2,1H3. The van der Waals surface area contributed by atoms with Crippen molar-refractivity contribution < 1.29 is 4.79 Å². The van der Waals surface area contributed by atoms with Gasteiger partial charge in [-0.25, -0.2) is 0 Å². The van der Waals surface area contributed by atoms with Crippen molar-refractivity contribution in [2.75, 3.05) is 0 Å². The van der Waals surface area contributed by atoms with Crippen molar-refractivity contribution in [2.45, 2.75) is 45.2 Å². The number of H-pyrrole nitrogens is 1. The zero-order valence-corrected chi connectivity index (χ0v) is 19.0. The van der Waals surface area contributed by atoms with Crippen LogP contribution in [0.5, 0.6) is 0 Å². The number of hydrogen-bond donors (Lipinski definition) is 1. The number of aryl methyl sites for hydroxylation is 1. The molecule has 3 heterocycles. The van der Waals surface area contributed by atoms with Crippen molar-refractivity contribution in [3.63, 3.8) is 0 Å². The highest BCUT2D eigenvalue weighted by Crippen LogP contribution is 2.49. The number of para-hydroxylation sites is 1. The summed E-state index contributed by atoms with van der Waals surface area (Å²) in [6, 6.07) is 21.5. The van der Waals surface area contributed by atoms with Crippen molar-refractivity contribution in [1.82, 2.24) is 9.88 Å². The molecule has 4 aromatic rings. The van der Waals surface area contributed by atoms with E-state index in [0.29, 0.717) is 6.54 Å². The van der Waals surface area contributed by atoms with Crippen LogP contribution in [0.3, 0.4) is 0 Å². The molecule has 1 aliphatic heterocycles. The molecule has 1 amide bonds. The minimum atomic E-state index is -0.00708. The van der Waals surface area contributed by atoms with E-state index in [-0.39, 0.29) is 11.9 Å². The van der Waals surface area contributed by atoms with Crippen LogP contribution in [-0.4, -0.2) is 15.8 Å². The average Bonchev–Trinajstić information content (AvgIpc) is 3.53. The van der Waals surface area contributed by atoms with E-state index in [4.69, 9.17) is 0 Å². The normalized spacial score (nSPS) is 18.6. The molecule has 3 nitrogen and oxygen atoms in total. The fraction of sp³-hybridized carbons (Fsp3) is 0.250. The summed E-state index contributed by atoms with van der Waals surface area (Å²) >= 11 is 1.73. The van der Waals surface area contributed by atoms with Gasteiger partial charge in [0.15, 0.2) is 0 Å². The van der Waals surface area contributed by atoms with Gasteiger partial charge in [0.1, 0.15) is 0 Å². The molecule has 0 radical (unpaired) electrons. The summed E-state index contributed by atoms with van der Waals surface area (Å²) in [6.45, 7) is 2.79. The number of aromatic nitrogens is 1. The molecule has 32 heavy (non-hydrogen) atoms. The highest BCUT2D eigenvalue weighted by atomic mass is 32.1. The maximum Gasteiger partial charge on any atom is 0.250 e. The van der Waals surface area contributed by atoms with E-state index in [0.717, 1.165) is 42.5 Å². The maximum absolute atomic E-state index is 13.7. The predicted octanol–water partition coefficient (Wildman–Crippen LogP) is 7.16. The molecule has 0 bridgehead atoms. The van der Waals surface area contributed by atoms with Crippen molar-refractivity contribution in [2.24, 2.45) is 0 Å². The maximum atomic E-state index is 13.7. The molecular weight excluding hydrogens is 412 g/mol. The van der Waals surface area contributed by atoms with Crippen LogP contribution in [-0.2, 0) is 11.3 Å². The van der Waals surface area contributed by atoms with E-state index in [1.165, 1.54) is 32.5 Å². The highest BCUT2D eigenvalue weighted by Gasteiger charge is 2.42. The Labute approximate surface area is 192 Å². The van der Waals surface area contributed by atoms with E-state index in [1.54, 1.807) is 11.3 Å². The van der Waals surface area contributed by atoms with E-state index in [2.05, 4.69) is 82.9 Å². The Morgan fingerprint density at radius 1 is 1.00 bits per heavy atom. The molecule has 6 rings (SSSR count). The SMILES string of the molecule is Cc1ccc(-c2[nH]c3ccccc3c2C2C3=C(CCCC3)C(=O)N2Cc2cccs2)cc1. The molecule has 2 aromatic heterocycles. The fourth-order valence-corrected chi connectivity index (χ4v) is 6.12. The first-order valence-electron chi connectivity index (χ1n) is 11.4. The zero-order chi connectivity index (χ0) is 21.7. The van der Waals surface area contributed by atoms with E-state index >= 15 is 0 Å². The van der Waals surface area contributed by atoms with Gasteiger partial charge in [0.05, 0.1) is 18.3 Å². The highest BCUT2D eigenvalue weighted by molar-refractivity contribution is 7.09. The fourth-order valence-electron chi connectivity index (χ4n) is 5.41. The molecule has 2 aliphatic rings. The second-order valence-electron chi connectivity index (χ2n) is 8.95. The molecule has 0 saturated heterocycles. The van der Waals surface area contributed by atoms with Crippen LogP contribution in [0.4, 0.5) is 0 Å². The number of hydrogen-bond acceptors (Lipinski definition) is 2. The van der Waals surface area contributed by atoms with Crippen LogP contribution in [0.25, 0.3) is 22.2 Å². The molecule has 0 spiro atoms. The predicted molar refractivity (Wildman–Crippen MR) is 132 cm³/mol. The molecule has 0 saturated carbocycles. The third kappa shape index (κ3) is 3.13. The molecule has 1 N–H and O–H groups in total. The molecule has 0 fully saturated rings. The van der Waals surface area contributed by atoms with Crippen LogP contribution in [0, 0.1) is 6.92 Å². The van der Waals surface area contributed by atoms with Crippen LogP contribution in [0.1, 0.15) is 47.7 Å². The quantitative estimate of drug-likeness (QED) is 0.360. The number of amides is 1. The van der Waals surface area contributed by atoms with Gasteiger partial charge in [-0.15, -0.1) is 11.3 Å². The molecular formula is C28H26N2OS. The summed E-state index contributed by atoms with van der Waals surface area (Å²) in [5.74, 6) is 0.234. The molecule has 1 atom stereocenters. The molecule has 1 aliphatic carbocycles. The Morgan fingerprint density at radius 2 is 1.81 bits per heavy atom. The number of fused-ring (bicyclic) bond motifs is 1. The van der Waals surface area contributed by atoms with Crippen molar-refractivity contribution in [1.29, 1.82) is 0 Å². The van der Waals surface area contributed by atoms with Gasteiger partial charge in [0.2, 0.25) is 0 Å². The van der Waals surface area contributed by atoms with Gasteiger partial charge in [-0.3, -0.25) is 4.79 Å². The number of rotatable bonds is 4. The summed E-state index contributed by atoms with van der Waals surface area (Å²) in [4.78, 5) is 20.7. The smallest absolute Gasteiger partial charge is 0.250 e. The number of carbonyl (C=O) groups is 1. The van der Waals surface area contributed by atoms with Gasteiger partial charge in [-0.2, -0.15) is 0 Å². The van der Waals surface area contributed by atoms with Crippen LogP contribution in [0.2, 0.25) is 0 Å². The van der Waals surface area contributed by atoms with Gasteiger partial charge in [0.25, 0.3) is 5.91 Å². The minimum absolute atomic E-state index is 0.00708. The number of thiophene rings is 1. The first-order chi connectivity index (χ1) is 15.7. The average molecular weight is 439 g/mol. The first-order valence-corrected chi connectivity index (χ1v) is 12.3. The summed E-state index contributed by atoms with van der Waals surface area (Å²) < 4.78 is 0. The number of aromatic amines is 1. The zero-order valence-electron chi connectivity index (χ0n) is 18.2. The van der Waals surface area contributed by atoms with Gasteiger partial charge in [0, 0.05) is 26.9 Å². The molecule has 2 aromatic carbocycles. The lowest BCUT2D eigenvalue weighted by molar-refractivity contribution is -0.127. The van der Waals surface area contributed by atoms with Crippen LogP contribution >= 0.6 is 11.3 Å². The Morgan fingerprint density at radius 3 is 2.62 bits per heavy atom. The summed E-state index contributed by atoms with van der Waals surface area (Å²) in [5.41, 5.74) is 8.36. The van der Waals surface area contributed by atoms with Crippen molar-refractivity contribution in [3.05, 3.63) is 93.2 Å². The molecule has 4 heteroatoms. The summed E-state index contributed by atoms with van der Waals surface area (Å²) in [6.07, 6.45) is 4.20. The molecule has 160 valence electrons. The second kappa shape index (κ2) is 7.79. The Bertz CT molecular complexity index is 1330. The Kier molecular flexibility index (Phi) is 4.76. The lowest BCUT2D eigenvalue weighted by Gasteiger charge is -2.28. The topological polar surface area (TPSA) is 36.1 Å². The largest absolute Gasteiger partial charge is 0.354 e. The number of nitrogens with zero attached hydrogens (tertiary/aromatic N) is 1. The Hall–Kier alpha value is -3.11. The third-order valence-corrected chi connectivity index (χ3v) is 7.80. The second-order valence-corrected chi connectivity index (χ2v) is 9.98. The molecule has 1 unspecified atom stereocenters. The summed E-state index contributed by atoms with van der Waals surface area (Å²) in [7, 11) is 0. The van der Waals surface area contributed by atoms with Crippen LogP contribution < -0.4 is 0 Å². The van der Waals surface area contributed by atoms with E-state index in [1.807, 2.05) is 0 Å². The third-order valence-electron chi connectivity index (χ3n) is 6.94. The monoisotopic (exact) mass is 438 g/mol. The van der Waals surface area contributed by atoms with Gasteiger partial charge in [-0.05, 0) is 61.3 Å². The van der Waals surface area contributed by atoms with Gasteiger partial charge in [-0.1, -0.05) is 54.1 Å². The number of carbonyl (C=O) groups excluding carboxylic acids is 1. The van der Waals surface area contributed by atoms with Gasteiger partial charge >= 0.3 is 0 Å². The Balaban J connectivity index is 1.58. The number of benzene rings is 2. The van der Waals surface area contributed by atoms with Gasteiger partial charge < -0.3 is 9.88 Å². The number of nitrogens with one attached hydrogen (secondary N) is 1. The van der Waals surface area contributed by atoms with E-state index < -0.39 is 0 Å². The minimum Gasteiger partial charge on any atom is -0.354 e. The summed E-state index contributed by atoms with van der Waals surface area (Å²) in [5, 5.41) is 3.32. The van der Waals surface area contributed by atoms with Crippen molar-refractivity contribution >= 4 is 28.1 Å². The van der Waals surface area contributed by atoms with E-state index in [9.17, 15) is 4.79 Å². The lowest BCUT2D eigenvalue weighted by Crippen LogP contribution is -2.29. The van der Waals surface area contributed by atoms with Crippen molar-refractivity contribution in [3.8, 4) is 11.3 Å². The lowest BCUT2D eigenvalue weighted by atomic mass is 9.86. The first kappa shape index (κ1) is 19.6.